The zero-order chi connectivity index (χ0) is 13.2. The molecule has 0 aliphatic heterocycles. The predicted molar refractivity (Wildman–Crippen MR) is 69.5 cm³/mol. The van der Waals surface area contributed by atoms with Crippen molar-refractivity contribution < 1.29 is 14.7 Å². The topological polar surface area (TPSA) is 66.4 Å². The quantitative estimate of drug-likeness (QED) is 0.774. The molecule has 0 saturated heterocycles. The summed E-state index contributed by atoms with van der Waals surface area (Å²) >= 11 is 1.70. The minimum absolute atomic E-state index is 0.317. The summed E-state index contributed by atoms with van der Waals surface area (Å²) in [5.41, 5.74) is -1.12. The van der Waals surface area contributed by atoms with Crippen molar-refractivity contribution >= 4 is 23.2 Å². The second-order valence-electron chi connectivity index (χ2n) is 4.99. The molecule has 1 saturated carbocycles. The first kappa shape index (κ1) is 13.1. The van der Waals surface area contributed by atoms with Crippen molar-refractivity contribution in [3.8, 4) is 0 Å². The number of carbonyl (C=O) groups is 2. The molecular formula is C13H17NO3S. The fourth-order valence-corrected chi connectivity index (χ4v) is 2.81. The molecule has 1 amide bonds. The van der Waals surface area contributed by atoms with Crippen LogP contribution in [0.3, 0.4) is 0 Å². The van der Waals surface area contributed by atoms with E-state index in [0.29, 0.717) is 25.3 Å². The summed E-state index contributed by atoms with van der Waals surface area (Å²) < 4.78 is 0. The molecule has 98 valence electrons. The minimum Gasteiger partial charge on any atom is -0.480 e. The van der Waals surface area contributed by atoms with Crippen molar-refractivity contribution in [2.45, 2.75) is 26.2 Å². The molecule has 1 heterocycles. The van der Waals surface area contributed by atoms with Gasteiger partial charge in [0.05, 0.1) is 0 Å². The van der Waals surface area contributed by atoms with Gasteiger partial charge in [-0.2, -0.15) is 0 Å². The Morgan fingerprint density at radius 3 is 2.78 bits per heavy atom. The number of carboxylic acid groups (broad SMARTS) is 1. The summed E-state index contributed by atoms with van der Waals surface area (Å²) in [7, 11) is 0. The number of carbonyl (C=O) groups excluding carboxylic acids is 1. The standard InChI is InChI=1S/C13H17NO3S/c1-9(7-10-3-2-6-18-10)8-14-11(15)13(4-5-13)12(16)17/h2-3,6,9H,4-5,7-8H2,1H3,(H,14,15)(H,16,17). The summed E-state index contributed by atoms with van der Waals surface area (Å²) in [6, 6.07) is 4.08. The van der Waals surface area contributed by atoms with Crippen LogP contribution in [0.2, 0.25) is 0 Å². The summed E-state index contributed by atoms with van der Waals surface area (Å²) in [4.78, 5) is 24.0. The van der Waals surface area contributed by atoms with E-state index in [9.17, 15) is 9.59 Å². The van der Waals surface area contributed by atoms with Crippen molar-refractivity contribution in [3.63, 3.8) is 0 Å². The van der Waals surface area contributed by atoms with Gasteiger partial charge in [0.25, 0.3) is 0 Å². The molecule has 18 heavy (non-hydrogen) atoms. The van der Waals surface area contributed by atoms with Crippen LogP contribution in [-0.4, -0.2) is 23.5 Å². The summed E-state index contributed by atoms with van der Waals surface area (Å²) in [5.74, 6) is -1.00. The summed E-state index contributed by atoms with van der Waals surface area (Å²) in [6.45, 7) is 2.59. The van der Waals surface area contributed by atoms with Gasteiger partial charge >= 0.3 is 5.97 Å². The number of hydrogen-bond acceptors (Lipinski definition) is 3. The molecule has 1 aliphatic rings. The highest BCUT2D eigenvalue weighted by Gasteiger charge is 2.56. The molecule has 0 radical (unpaired) electrons. The Morgan fingerprint density at radius 2 is 2.28 bits per heavy atom. The van der Waals surface area contributed by atoms with E-state index < -0.39 is 11.4 Å². The fourth-order valence-electron chi connectivity index (χ4n) is 1.94. The van der Waals surface area contributed by atoms with Gasteiger partial charge in [0.15, 0.2) is 0 Å². The number of aliphatic carboxylic acids is 1. The van der Waals surface area contributed by atoms with Gasteiger partial charge in [-0.05, 0) is 36.6 Å². The second-order valence-corrected chi connectivity index (χ2v) is 6.02. The van der Waals surface area contributed by atoms with E-state index in [2.05, 4.69) is 18.3 Å². The van der Waals surface area contributed by atoms with Crippen molar-refractivity contribution in [1.29, 1.82) is 0 Å². The normalized spacial score (nSPS) is 18.1. The van der Waals surface area contributed by atoms with Crippen LogP contribution < -0.4 is 5.32 Å². The number of rotatable bonds is 6. The molecule has 1 aliphatic carbocycles. The predicted octanol–water partition coefficient (Wildman–Crippen LogP) is 1.91. The number of nitrogens with one attached hydrogen (secondary N) is 1. The Balaban J connectivity index is 1.78. The molecule has 5 heteroatoms. The Kier molecular flexibility index (Phi) is 3.71. The van der Waals surface area contributed by atoms with Crippen LogP contribution in [0.1, 0.15) is 24.6 Å². The maximum atomic E-state index is 11.8. The first-order valence-electron chi connectivity index (χ1n) is 6.09. The van der Waals surface area contributed by atoms with Gasteiger partial charge in [0.1, 0.15) is 5.41 Å². The number of thiophene rings is 1. The minimum atomic E-state index is -1.12. The van der Waals surface area contributed by atoms with Crippen LogP contribution >= 0.6 is 11.3 Å². The summed E-state index contributed by atoms with van der Waals surface area (Å²) in [5, 5.41) is 13.8. The molecule has 1 unspecified atom stereocenters. The summed E-state index contributed by atoms with van der Waals surface area (Å²) in [6.07, 6.45) is 1.85. The van der Waals surface area contributed by atoms with Gasteiger partial charge in [0, 0.05) is 11.4 Å². The van der Waals surface area contributed by atoms with Crippen molar-refractivity contribution in [2.24, 2.45) is 11.3 Å². The molecule has 1 atom stereocenters. The maximum Gasteiger partial charge on any atom is 0.319 e. The largest absolute Gasteiger partial charge is 0.480 e. The van der Waals surface area contributed by atoms with Gasteiger partial charge < -0.3 is 10.4 Å². The van der Waals surface area contributed by atoms with Crippen molar-refractivity contribution in [2.75, 3.05) is 6.54 Å². The molecule has 4 nitrogen and oxygen atoms in total. The highest BCUT2D eigenvalue weighted by atomic mass is 32.1. The van der Waals surface area contributed by atoms with E-state index in [0.717, 1.165) is 6.42 Å². The van der Waals surface area contributed by atoms with Gasteiger partial charge in [-0.3, -0.25) is 9.59 Å². The number of amides is 1. The molecular weight excluding hydrogens is 250 g/mol. The molecule has 1 fully saturated rings. The number of hydrogen-bond donors (Lipinski definition) is 2. The highest BCUT2D eigenvalue weighted by molar-refractivity contribution is 7.09. The van der Waals surface area contributed by atoms with Gasteiger partial charge in [-0.25, -0.2) is 0 Å². The third kappa shape index (κ3) is 2.72. The van der Waals surface area contributed by atoms with E-state index in [1.165, 1.54) is 4.88 Å². The zero-order valence-electron chi connectivity index (χ0n) is 10.3. The Morgan fingerprint density at radius 1 is 1.56 bits per heavy atom. The van der Waals surface area contributed by atoms with Gasteiger partial charge in [-0.15, -0.1) is 11.3 Å². The highest BCUT2D eigenvalue weighted by Crippen LogP contribution is 2.46. The Hall–Kier alpha value is -1.36. The van der Waals surface area contributed by atoms with Crippen LogP contribution in [0.15, 0.2) is 17.5 Å². The van der Waals surface area contributed by atoms with Gasteiger partial charge in [0.2, 0.25) is 5.91 Å². The lowest BCUT2D eigenvalue weighted by Gasteiger charge is -2.14. The van der Waals surface area contributed by atoms with E-state index in [-0.39, 0.29) is 5.91 Å². The zero-order valence-corrected chi connectivity index (χ0v) is 11.1. The average molecular weight is 267 g/mol. The van der Waals surface area contributed by atoms with E-state index >= 15 is 0 Å². The SMILES string of the molecule is CC(CNC(=O)C1(C(=O)O)CC1)Cc1cccs1. The maximum absolute atomic E-state index is 11.8. The third-order valence-corrected chi connectivity index (χ3v) is 4.23. The van der Waals surface area contributed by atoms with E-state index in [1.807, 2.05) is 11.4 Å². The molecule has 2 N–H and O–H groups in total. The molecule has 0 spiro atoms. The molecule has 0 aromatic carbocycles. The smallest absolute Gasteiger partial charge is 0.319 e. The first-order valence-corrected chi connectivity index (χ1v) is 6.96. The lowest BCUT2D eigenvalue weighted by atomic mass is 10.0. The van der Waals surface area contributed by atoms with Crippen molar-refractivity contribution in [3.05, 3.63) is 22.4 Å². The van der Waals surface area contributed by atoms with Crippen LogP contribution in [0.25, 0.3) is 0 Å². The van der Waals surface area contributed by atoms with Crippen LogP contribution in [0.5, 0.6) is 0 Å². The Labute approximate surface area is 110 Å². The monoisotopic (exact) mass is 267 g/mol. The third-order valence-electron chi connectivity index (χ3n) is 3.33. The van der Waals surface area contributed by atoms with E-state index in [1.54, 1.807) is 11.3 Å². The first-order chi connectivity index (χ1) is 8.54. The number of carboxylic acids is 1. The lowest BCUT2D eigenvalue weighted by Crippen LogP contribution is -2.39. The fraction of sp³-hybridized carbons (Fsp3) is 0.538. The molecule has 1 aromatic heterocycles. The van der Waals surface area contributed by atoms with Crippen LogP contribution in [0, 0.1) is 11.3 Å². The van der Waals surface area contributed by atoms with Gasteiger partial charge in [-0.1, -0.05) is 13.0 Å². The second kappa shape index (κ2) is 5.10. The van der Waals surface area contributed by atoms with Crippen LogP contribution in [0.4, 0.5) is 0 Å². The lowest BCUT2D eigenvalue weighted by molar-refractivity contribution is -0.149. The molecule has 1 aromatic rings. The molecule has 2 rings (SSSR count). The molecule has 0 bridgehead atoms. The average Bonchev–Trinajstić information content (AvgIpc) is 3.00. The van der Waals surface area contributed by atoms with Crippen LogP contribution in [-0.2, 0) is 16.0 Å². The van der Waals surface area contributed by atoms with Crippen molar-refractivity contribution in [1.82, 2.24) is 5.32 Å². The Bertz CT molecular complexity index is 437. The van der Waals surface area contributed by atoms with E-state index in [4.69, 9.17) is 5.11 Å².